The Labute approximate surface area is 105 Å². The molecule has 16 heavy (non-hydrogen) atoms. The Morgan fingerprint density at radius 1 is 1.56 bits per heavy atom. The van der Waals surface area contributed by atoms with Gasteiger partial charge in [0.1, 0.15) is 5.41 Å². The molecule has 0 saturated heterocycles. The summed E-state index contributed by atoms with van der Waals surface area (Å²) < 4.78 is 0.896. The standard InChI is InChI=1S/C10H10BrNO3S/c1-12(7-4-6(11)5-16-7)8(13)10(2-3-10)9(14)15/h4-5H,2-3H2,1H3,(H,14,15). The molecule has 0 unspecified atom stereocenters. The third-order valence-electron chi connectivity index (χ3n) is 2.76. The van der Waals surface area contributed by atoms with E-state index >= 15 is 0 Å². The van der Waals surface area contributed by atoms with Crippen molar-refractivity contribution in [1.29, 1.82) is 0 Å². The molecule has 6 heteroatoms. The van der Waals surface area contributed by atoms with Gasteiger partial charge in [0.15, 0.2) is 0 Å². The lowest BCUT2D eigenvalue weighted by molar-refractivity contribution is -0.148. The average Bonchev–Trinajstić information content (AvgIpc) is 2.95. The summed E-state index contributed by atoms with van der Waals surface area (Å²) in [7, 11) is 1.61. The summed E-state index contributed by atoms with van der Waals surface area (Å²) in [5.74, 6) is -1.34. The van der Waals surface area contributed by atoms with Gasteiger partial charge in [0.25, 0.3) is 0 Å². The van der Waals surface area contributed by atoms with Crippen molar-refractivity contribution < 1.29 is 14.7 Å². The van der Waals surface area contributed by atoms with Crippen LogP contribution < -0.4 is 4.90 Å². The molecule has 0 radical (unpaired) electrons. The third-order valence-corrected chi connectivity index (χ3v) is 4.52. The summed E-state index contributed by atoms with van der Waals surface area (Å²) in [6, 6.07) is 1.81. The number of carbonyl (C=O) groups excluding carboxylic acids is 1. The van der Waals surface area contributed by atoms with E-state index in [4.69, 9.17) is 5.11 Å². The van der Waals surface area contributed by atoms with E-state index in [-0.39, 0.29) is 5.91 Å². The van der Waals surface area contributed by atoms with E-state index in [9.17, 15) is 9.59 Å². The highest BCUT2D eigenvalue weighted by Crippen LogP contribution is 2.48. The lowest BCUT2D eigenvalue weighted by Crippen LogP contribution is -2.38. The molecule has 4 nitrogen and oxygen atoms in total. The maximum atomic E-state index is 12.0. The van der Waals surface area contributed by atoms with Gasteiger partial charge in [-0.3, -0.25) is 9.59 Å². The average molecular weight is 304 g/mol. The summed E-state index contributed by atoms with van der Waals surface area (Å²) in [4.78, 5) is 24.5. The molecule has 1 N–H and O–H groups in total. The van der Waals surface area contributed by atoms with Gasteiger partial charge in [-0.25, -0.2) is 0 Å². The SMILES string of the molecule is CN(C(=O)C1(C(=O)O)CC1)c1cc(Br)cs1. The van der Waals surface area contributed by atoms with Crippen LogP contribution in [0, 0.1) is 5.41 Å². The van der Waals surface area contributed by atoms with Crippen LogP contribution in [0.2, 0.25) is 0 Å². The number of rotatable bonds is 3. The summed E-state index contributed by atoms with van der Waals surface area (Å²) in [6.07, 6.45) is 0.885. The largest absolute Gasteiger partial charge is 0.480 e. The van der Waals surface area contributed by atoms with Gasteiger partial charge in [0.2, 0.25) is 5.91 Å². The highest BCUT2D eigenvalue weighted by Gasteiger charge is 2.58. The molecule has 0 aromatic carbocycles. The van der Waals surface area contributed by atoms with E-state index in [2.05, 4.69) is 15.9 Å². The zero-order valence-electron chi connectivity index (χ0n) is 8.57. The molecule has 0 bridgehead atoms. The minimum atomic E-state index is -1.16. The summed E-state index contributed by atoms with van der Waals surface area (Å²) in [5.41, 5.74) is -1.16. The number of amides is 1. The number of carboxylic acid groups (broad SMARTS) is 1. The van der Waals surface area contributed by atoms with Crippen molar-refractivity contribution in [2.24, 2.45) is 5.41 Å². The van der Waals surface area contributed by atoms with Gasteiger partial charge in [0, 0.05) is 16.9 Å². The first-order chi connectivity index (χ1) is 7.47. The molecule has 1 saturated carbocycles. The predicted molar refractivity (Wildman–Crippen MR) is 64.7 cm³/mol. The summed E-state index contributed by atoms with van der Waals surface area (Å²) >= 11 is 4.71. The Bertz CT molecular complexity index is 453. The van der Waals surface area contributed by atoms with Crippen LogP contribution in [0.15, 0.2) is 15.9 Å². The van der Waals surface area contributed by atoms with Crippen LogP contribution in [0.4, 0.5) is 5.00 Å². The Morgan fingerprint density at radius 2 is 2.19 bits per heavy atom. The molecular formula is C10H10BrNO3S. The maximum Gasteiger partial charge on any atom is 0.319 e. The zero-order chi connectivity index (χ0) is 11.9. The van der Waals surface area contributed by atoms with Gasteiger partial charge in [-0.05, 0) is 34.8 Å². The van der Waals surface area contributed by atoms with Crippen LogP contribution in [0.3, 0.4) is 0 Å². The number of carboxylic acids is 1. The monoisotopic (exact) mass is 303 g/mol. The first-order valence-corrected chi connectivity index (χ1v) is 6.40. The molecule has 1 heterocycles. The number of halogens is 1. The van der Waals surface area contributed by atoms with Crippen molar-refractivity contribution in [3.05, 3.63) is 15.9 Å². The zero-order valence-corrected chi connectivity index (χ0v) is 11.0. The van der Waals surface area contributed by atoms with Crippen LogP contribution >= 0.6 is 27.3 Å². The fraction of sp³-hybridized carbons (Fsp3) is 0.400. The molecular weight excluding hydrogens is 294 g/mol. The number of aliphatic carboxylic acids is 1. The van der Waals surface area contributed by atoms with Gasteiger partial charge in [0.05, 0.1) is 5.00 Å². The van der Waals surface area contributed by atoms with E-state index in [1.807, 2.05) is 5.38 Å². The quantitative estimate of drug-likeness (QED) is 0.872. The molecule has 1 aromatic heterocycles. The molecule has 1 fully saturated rings. The molecule has 0 spiro atoms. The molecule has 1 aliphatic rings. The minimum Gasteiger partial charge on any atom is -0.480 e. The van der Waals surface area contributed by atoms with E-state index in [0.717, 1.165) is 9.47 Å². The van der Waals surface area contributed by atoms with Crippen molar-refractivity contribution in [2.75, 3.05) is 11.9 Å². The number of anilines is 1. The first kappa shape index (κ1) is 11.6. The summed E-state index contributed by atoms with van der Waals surface area (Å²) in [5, 5.41) is 11.6. The predicted octanol–water partition coefficient (Wildman–Crippen LogP) is 2.34. The lowest BCUT2D eigenvalue weighted by Gasteiger charge is -2.19. The van der Waals surface area contributed by atoms with Gasteiger partial charge in [-0.15, -0.1) is 11.3 Å². The second kappa shape index (κ2) is 3.85. The van der Waals surface area contributed by atoms with Crippen molar-refractivity contribution in [2.45, 2.75) is 12.8 Å². The fourth-order valence-corrected chi connectivity index (χ4v) is 2.93. The maximum absolute atomic E-state index is 12.0. The molecule has 0 atom stereocenters. The smallest absolute Gasteiger partial charge is 0.319 e. The Kier molecular flexibility index (Phi) is 2.79. The van der Waals surface area contributed by atoms with E-state index in [0.29, 0.717) is 12.8 Å². The number of carbonyl (C=O) groups is 2. The molecule has 1 aromatic rings. The van der Waals surface area contributed by atoms with Crippen LogP contribution in [-0.4, -0.2) is 24.0 Å². The van der Waals surface area contributed by atoms with Gasteiger partial charge >= 0.3 is 5.97 Å². The van der Waals surface area contributed by atoms with Crippen LogP contribution in [0.5, 0.6) is 0 Å². The third kappa shape index (κ3) is 1.76. The van der Waals surface area contributed by atoms with Crippen molar-refractivity contribution in [3.8, 4) is 0 Å². The molecule has 2 rings (SSSR count). The first-order valence-electron chi connectivity index (χ1n) is 4.73. The van der Waals surface area contributed by atoms with Gasteiger partial charge < -0.3 is 10.0 Å². The normalized spacial score (nSPS) is 16.9. The number of nitrogens with zero attached hydrogens (tertiary/aromatic N) is 1. The van der Waals surface area contributed by atoms with Crippen LogP contribution in [-0.2, 0) is 9.59 Å². The van der Waals surface area contributed by atoms with Crippen molar-refractivity contribution >= 4 is 44.1 Å². The minimum absolute atomic E-state index is 0.325. The van der Waals surface area contributed by atoms with E-state index in [1.165, 1.54) is 16.2 Å². The second-order valence-electron chi connectivity index (χ2n) is 3.85. The van der Waals surface area contributed by atoms with E-state index in [1.54, 1.807) is 13.1 Å². The molecule has 1 amide bonds. The topological polar surface area (TPSA) is 57.6 Å². The van der Waals surface area contributed by atoms with Gasteiger partial charge in [-0.2, -0.15) is 0 Å². The second-order valence-corrected chi connectivity index (χ2v) is 5.66. The Balaban J connectivity index is 2.20. The number of hydrogen-bond acceptors (Lipinski definition) is 3. The van der Waals surface area contributed by atoms with Crippen LogP contribution in [0.25, 0.3) is 0 Å². The molecule has 1 aliphatic carbocycles. The number of hydrogen-bond donors (Lipinski definition) is 1. The summed E-state index contributed by atoms with van der Waals surface area (Å²) in [6.45, 7) is 0. The highest BCUT2D eigenvalue weighted by atomic mass is 79.9. The van der Waals surface area contributed by atoms with E-state index < -0.39 is 11.4 Å². The Hall–Kier alpha value is -0.880. The Morgan fingerprint density at radius 3 is 2.56 bits per heavy atom. The van der Waals surface area contributed by atoms with Crippen molar-refractivity contribution in [3.63, 3.8) is 0 Å². The number of thiophene rings is 1. The molecule has 86 valence electrons. The van der Waals surface area contributed by atoms with Gasteiger partial charge in [-0.1, -0.05) is 0 Å². The fourth-order valence-electron chi connectivity index (χ4n) is 1.54. The lowest BCUT2D eigenvalue weighted by atomic mass is 10.1. The van der Waals surface area contributed by atoms with Crippen molar-refractivity contribution in [1.82, 2.24) is 0 Å². The van der Waals surface area contributed by atoms with Crippen LogP contribution in [0.1, 0.15) is 12.8 Å². The highest BCUT2D eigenvalue weighted by molar-refractivity contribution is 9.10. The molecule has 0 aliphatic heterocycles.